The molecule has 2 saturated heterocycles. The molecule has 3 heterocycles. The minimum Gasteiger partial charge on any atom is -0.347 e. The van der Waals surface area contributed by atoms with Gasteiger partial charge in [0, 0.05) is 43.1 Å². The summed E-state index contributed by atoms with van der Waals surface area (Å²) in [6, 6.07) is 3.00. The zero-order valence-corrected chi connectivity index (χ0v) is 27.6. The van der Waals surface area contributed by atoms with Crippen molar-refractivity contribution in [1.29, 1.82) is 0 Å². The van der Waals surface area contributed by atoms with Crippen molar-refractivity contribution >= 4 is 40.3 Å². The molecule has 0 unspecified atom stereocenters. The minimum atomic E-state index is -1.40. The van der Waals surface area contributed by atoms with Gasteiger partial charge in [-0.3, -0.25) is 28.8 Å². The molecular formula is C35H49N5O6. The van der Waals surface area contributed by atoms with Gasteiger partial charge in [0.1, 0.15) is 30.0 Å². The third-order valence-electron chi connectivity index (χ3n) is 9.56. The average Bonchev–Trinajstić information content (AvgIpc) is 3.07. The van der Waals surface area contributed by atoms with E-state index in [9.17, 15) is 28.8 Å². The van der Waals surface area contributed by atoms with Crippen molar-refractivity contribution in [3.63, 3.8) is 0 Å². The maximum Gasteiger partial charge on any atom is 0.248 e. The fraction of sp³-hybridized carbons (Fsp3) is 0.600. The first-order chi connectivity index (χ1) is 22.1. The molecule has 0 spiro atoms. The van der Waals surface area contributed by atoms with Gasteiger partial charge in [-0.15, -0.1) is 0 Å². The molecule has 3 N–H and O–H groups in total. The van der Waals surface area contributed by atoms with E-state index in [1.807, 2.05) is 44.4 Å². The lowest BCUT2D eigenvalue weighted by Crippen LogP contribution is -2.63. The number of rotatable bonds is 11. The van der Waals surface area contributed by atoms with E-state index in [-0.39, 0.29) is 29.6 Å². The van der Waals surface area contributed by atoms with E-state index >= 15 is 0 Å². The zero-order chi connectivity index (χ0) is 33.4. The highest BCUT2D eigenvalue weighted by Crippen LogP contribution is 2.24. The van der Waals surface area contributed by atoms with Gasteiger partial charge in [0.2, 0.25) is 23.6 Å². The molecule has 1 aromatic carbocycles. The molecule has 0 bridgehead atoms. The highest BCUT2D eigenvalue weighted by atomic mass is 16.2. The molecule has 2 aliphatic heterocycles. The Bertz CT molecular complexity index is 1500. The van der Waals surface area contributed by atoms with Gasteiger partial charge < -0.3 is 25.4 Å². The Morgan fingerprint density at radius 2 is 1.67 bits per heavy atom. The molecule has 250 valence electrons. The number of unbranched alkanes of at least 4 members (excludes halogenated alkanes) is 2. The lowest BCUT2D eigenvalue weighted by Gasteiger charge is -2.39. The summed E-state index contributed by atoms with van der Waals surface area (Å²) in [5.41, 5.74) is 0.392. The van der Waals surface area contributed by atoms with Gasteiger partial charge in [-0.1, -0.05) is 52.2 Å². The van der Waals surface area contributed by atoms with Crippen LogP contribution in [0.1, 0.15) is 104 Å². The minimum absolute atomic E-state index is 0.0813. The molecule has 0 aliphatic carbocycles. The number of nitrogens with zero attached hydrogens (tertiary/aromatic N) is 2. The first-order valence-corrected chi connectivity index (χ1v) is 17.0. The number of pyridine rings is 1. The maximum atomic E-state index is 14.2. The first-order valence-electron chi connectivity index (χ1n) is 17.0. The van der Waals surface area contributed by atoms with Gasteiger partial charge in [0.05, 0.1) is 5.52 Å². The summed E-state index contributed by atoms with van der Waals surface area (Å²) < 4.78 is 1.86. The van der Waals surface area contributed by atoms with E-state index < -0.39 is 47.3 Å². The highest BCUT2D eigenvalue weighted by molar-refractivity contribution is 5.98. The van der Waals surface area contributed by atoms with E-state index in [4.69, 9.17) is 0 Å². The van der Waals surface area contributed by atoms with Crippen LogP contribution in [0.15, 0.2) is 35.3 Å². The standard InChI is InChI=1S/C35H49N5O6/c1-5-22(4)29-35(46)40-20-14-13-19-28(40)33(44)36-26(17-10-8-9-15-23(41)6-2)32(43)38-30(34(45)37-29)25-21-39(7-3)27-18-12-11-16-24(27)31(25)42/h11-12,16,18,21-22,26,28-30H,5-10,13-15,17,19-20H2,1-4H3,(H,36,44)(H,37,45)(H,38,43)/t22-,26-,28+,29-,30-/m0/s1. The van der Waals surface area contributed by atoms with Gasteiger partial charge in [-0.05, 0) is 57.1 Å². The van der Waals surface area contributed by atoms with Gasteiger partial charge >= 0.3 is 0 Å². The van der Waals surface area contributed by atoms with Gasteiger partial charge in [0.25, 0.3) is 0 Å². The second-order valence-electron chi connectivity index (χ2n) is 12.6. The third-order valence-corrected chi connectivity index (χ3v) is 9.56. The third kappa shape index (κ3) is 7.85. The fourth-order valence-corrected chi connectivity index (χ4v) is 6.49. The number of nitrogens with one attached hydrogen (secondary N) is 3. The first kappa shape index (κ1) is 34.8. The van der Waals surface area contributed by atoms with Crippen LogP contribution in [0.2, 0.25) is 0 Å². The molecule has 11 nitrogen and oxygen atoms in total. The predicted molar refractivity (Wildman–Crippen MR) is 176 cm³/mol. The lowest BCUT2D eigenvalue weighted by atomic mass is 9.93. The SMILES string of the molecule is CCC(=O)CCCCC[C@@H]1NC(=O)[C@H]2CCCCN2C(=O)[C@H]([C@@H](C)CC)NC(=O)[C@H](c2cn(CC)c3ccccc3c2=O)NC1=O. The Morgan fingerprint density at radius 3 is 2.39 bits per heavy atom. The number of hydrogen-bond donors (Lipinski definition) is 3. The molecule has 5 atom stereocenters. The summed E-state index contributed by atoms with van der Waals surface area (Å²) in [5, 5.41) is 9.01. The molecule has 4 amide bonds. The van der Waals surface area contributed by atoms with Gasteiger partial charge in [-0.2, -0.15) is 0 Å². The number of Topliss-reactive ketones (excluding diaryl/α,β-unsaturated/α-hetero) is 1. The van der Waals surface area contributed by atoms with E-state index in [1.165, 1.54) is 0 Å². The second-order valence-corrected chi connectivity index (χ2v) is 12.6. The molecular weight excluding hydrogens is 586 g/mol. The number of carbonyl (C=O) groups excluding carboxylic acids is 5. The van der Waals surface area contributed by atoms with Gasteiger partial charge in [0.15, 0.2) is 5.43 Å². The fourth-order valence-electron chi connectivity index (χ4n) is 6.49. The Hall–Kier alpha value is -4.02. The number of para-hydroxylation sites is 1. The van der Waals surface area contributed by atoms with Crippen LogP contribution in [0, 0.1) is 5.92 Å². The molecule has 2 fully saturated rings. The van der Waals surface area contributed by atoms with Crippen molar-refractivity contribution < 1.29 is 24.0 Å². The van der Waals surface area contributed by atoms with Crippen molar-refractivity contribution in [2.24, 2.45) is 5.92 Å². The predicted octanol–water partition coefficient (Wildman–Crippen LogP) is 3.52. The molecule has 11 heteroatoms. The molecule has 0 radical (unpaired) electrons. The number of carbonyl (C=O) groups is 5. The summed E-state index contributed by atoms with van der Waals surface area (Å²) in [6.45, 7) is 8.43. The molecule has 2 aliphatic rings. The molecule has 1 aromatic heterocycles. The number of aryl methyl sites for hydroxylation is 1. The number of hydrogen-bond acceptors (Lipinski definition) is 6. The van der Waals surface area contributed by atoms with Crippen molar-refractivity contribution in [2.75, 3.05) is 6.54 Å². The lowest BCUT2D eigenvalue weighted by molar-refractivity contribution is -0.147. The van der Waals surface area contributed by atoms with Gasteiger partial charge in [-0.25, -0.2) is 0 Å². The Morgan fingerprint density at radius 1 is 0.913 bits per heavy atom. The number of benzene rings is 1. The Balaban J connectivity index is 1.76. The topological polar surface area (TPSA) is 147 Å². The average molecular weight is 636 g/mol. The molecule has 2 aromatic rings. The number of aromatic nitrogens is 1. The van der Waals surface area contributed by atoms with Crippen molar-refractivity contribution in [1.82, 2.24) is 25.4 Å². The van der Waals surface area contributed by atoms with Crippen LogP contribution in [0.3, 0.4) is 0 Å². The number of piperidine rings is 1. The van der Waals surface area contributed by atoms with Crippen LogP contribution in [0.25, 0.3) is 10.9 Å². The maximum absolute atomic E-state index is 14.2. The summed E-state index contributed by atoms with van der Waals surface area (Å²) in [4.78, 5) is 83.3. The second kappa shape index (κ2) is 16.0. The number of ketones is 1. The van der Waals surface area contributed by atoms with Crippen LogP contribution in [-0.2, 0) is 30.5 Å². The van der Waals surface area contributed by atoms with Crippen molar-refractivity contribution in [2.45, 2.75) is 123 Å². The van der Waals surface area contributed by atoms with E-state index in [0.29, 0.717) is 68.9 Å². The molecule has 46 heavy (non-hydrogen) atoms. The quantitative estimate of drug-likeness (QED) is 0.322. The monoisotopic (exact) mass is 635 g/mol. The summed E-state index contributed by atoms with van der Waals surface area (Å²) in [7, 11) is 0. The van der Waals surface area contributed by atoms with Crippen LogP contribution in [0.4, 0.5) is 0 Å². The van der Waals surface area contributed by atoms with Crippen LogP contribution in [0.5, 0.6) is 0 Å². The number of fused-ring (bicyclic) bond motifs is 2. The number of amides is 4. The van der Waals surface area contributed by atoms with E-state index in [0.717, 1.165) is 12.8 Å². The van der Waals surface area contributed by atoms with Crippen LogP contribution >= 0.6 is 0 Å². The molecule has 4 rings (SSSR count). The Labute approximate surface area is 270 Å². The normalized spacial score (nSPS) is 23.4. The smallest absolute Gasteiger partial charge is 0.248 e. The van der Waals surface area contributed by atoms with Crippen LogP contribution in [-0.4, -0.2) is 63.5 Å². The molecule has 0 saturated carbocycles. The van der Waals surface area contributed by atoms with Crippen molar-refractivity contribution in [3.05, 3.63) is 46.2 Å². The zero-order valence-electron chi connectivity index (χ0n) is 27.6. The van der Waals surface area contributed by atoms with E-state index in [1.54, 1.807) is 23.2 Å². The summed E-state index contributed by atoms with van der Waals surface area (Å²) in [5.74, 6) is -2.06. The van der Waals surface area contributed by atoms with Crippen LogP contribution < -0.4 is 21.4 Å². The van der Waals surface area contributed by atoms with E-state index in [2.05, 4.69) is 16.0 Å². The Kier molecular flexibility index (Phi) is 12.1. The largest absolute Gasteiger partial charge is 0.347 e. The highest BCUT2D eigenvalue weighted by Gasteiger charge is 2.41. The summed E-state index contributed by atoms with van der Waals surface area (Å²) >= 11 is 0. The summed E-state index contributed by atoms with van der Waals surface area (Å²) in [6.07, 6.45) is 7.28. The van der Waals surface area contributed by atoms with Crippen molar-refractivity contribution in [3.8, 4) is 0 Å².